The third kappa shape index (κ3) is 2.97. The van der Waals surface area contributed by atoms with E-state index in [-0.39, 0.29) is 5.92 Å². The van der Waals surface area contributed by atoms with Crippen LogP contribution >= 0.6 is 0 Å². The summed E-state index contributed by atoms with van der Waals surface area (Å²) >= 11 is 0. The molecule has 3 atom stereocenters. The van der Waals surface area contributed by atoms with Crippen LogP contribution in [0, 0.1) is 11.3 Å². The molecule has 2 heterocycles. The highest BCUT2D eigenvalue weighted by Gasteiger charge is 2.30. The molecule has 3 heteroatoms. The molecule has 0 aliphatic carbocycles. The van der Waals surface area contributed by atoms with E-state index in [2.05, 4.69) is 28.4 Å². The van der Waals surface area contributed by atoms with E-state index in [0.29, 0.717) is 12.1 Å². The fourth-order valence-electron chi connectivity index (χ4n) is 3.35. The van der Waals surface area contributed by atoms with E-state index in [0.717, 1.165) is 25.2 Å². The monoisotopic (exact) mass is 255 g/mol. The first kappa shape index (κ1) is 12.7. The average Bonchev–Trinajstić information content (AvgIpc) is 2.79. The van der Waals surface area contributed by atoms with Crippen LogP contribution in [-0.2, 0) is 0 Å². The van der Waals surface area contributed by atoms with Crippen LogP contribution in [0.25, 0.3) is 0 Å². The van der Waals surface area contributed by atoms with Gasteiger partial charge in [-0.15, -0.1) is 0 Å². The van der Waals surface area contributed by atoms with Gasteiger partial charge in [0.25, 0.3) is 0 Å². The molecule has 1 aromatic carbocycles. The van der Waals surface area contributed by atoms with Gasteiger partial charge in [-0.05, 0) is 31.4 Å². The van der Waals surface area contributed by atoms with Gasteiger partial charge >= 0.3 is 0 Å². The highest BCUT2D eigenvalue weighted by atomic mass is 15.2. The molecule has 2 aliphatic heterocycles. The zero-order chi connectivity index (χ0) is 13.1. The highest BCUT2D eigenvalue weighted by molar-refractivity contribution is 5.25. The summed E-state index contributed by atoms with van der Waals surface area (Å²) in [6, 6.07) is 14.0. The van der Waals surface area contributed by atoms with Crippen LogP contribution in [-0.4, -0.2) is 36.6 Å². The summed E-state index contributed by atoms with van der Waals surface area (Å²) in [5.41, 5.74) is 1.15. The Labute approximate surface area is 115 Å². The maximum atomic E-state index is 9.42. The average molecular weight is 255 g/mol. The highest BCUT2D eigenvalue weighted by Crippen LogP contribution is 2.23. The third-order valence-corrected chi connectivity index (χ3v) is 4.41. The minimum atomic E-state index is -0.00201. The zero-order valence-corrected chi connectivity index (χ0v) is 11.3. The molecule has 1 aromatic rings. The molecular weight excluding hydrogens is 234 g/mol. The van der Waals surface area contributed by atoms with E-state index in [1.165, 1.54) is 19.3 Å². The van der Waals surface area contributed by atoms with Gasteiger partial charge < -0.3 is 10.2 Å². The Morgan fingerprint density at radius 1 is 1.21 bits per heavy atom. The molecule has 0 radical (unpaired) electrons. The van der Waals surface area contributed by atoms with Crippen LogP contribution < -0.4 is 5.32 Å². The molecule has 3 unspecified atom stereocenters. The largest absolute Gasteiger partial charge is 0.310 e. The molecule has 2 fully saturated rings. The maximum Gasteiger partial charge on any atom is 0.0839 e. The number of rotatable bonds is 3. The predicted octanol–water partition coefficient (Wildman–Crippen LogP) is 2.12. The first-order chi connectivity index (χ1) is 9.35. The number of likely N-dealkylation sites (tertiary alicyclic amines) is 1. The Morgan fingerprint density at radius 3 is 2.79 bits per heavy atom. The number of benzene rings is 1. The van der Waals surface area contributed by atoms with Gasteiger partial charge in [0.2, 0.25) is 0 Å². The standard InChI is InChI=1S/C16H21N3/c17-10-14(13-4-2-1-3-5-13)11-19-9-8-15-6-7-16(12-19)18-15/h1-5,14-16,18H,6-9,11-12H2. The van der Waals surface area contributed by atoms with Gasteiger partial charge in [0, 0.05) is 25.2 Å². The van der Waals surface area contributed by atoms with E-state index < -0.39 is 0 Å². The molecule has 0 saturated carbocycles. The molecule has 0 amide bonds. The Kier molecular flexibility index (Phi) is 3.82. The van der Waals surface area contributed by atoms with Crippen molar-refractivity contribution in [1.82, 2.24) is 10.2 Å². The Bertz CT molecular complexity index is 451. The lowest BCUT2D eigenvalue weighted by atomic mass is 9.99. The molecule has 0 aromatic heterocycles. The molecule has 0 spiro atoms. The normalized spacial score (nSPS) is 28.6. The van der Waals surface area contributed by atoms with Gasteiger partial charge in [-0.2, -0.15) is 5.26 Å². The lowest BCUT2D eigenvalue weighted by Gasteiger charge is -2.26. The quantitative estimate of drug-likeness (QED) is 0.899. The second-order valence-electron chi connectivity index (χ2n) is 5.78. The molecule has 2 bridgehead atoms. The van der Waals surface area contributed by atoms with Gasteiger partial charge in [0.05, 0.1) is 12.0 Å². The van der Waals surface area contributed by atoms with Crippen LogP contribution in [0.15, 0.2) is 30.3 Å². The van der Waals surface area contributed by atoms with Gasteiger partial charge in [-0.1, -0.05) is 30.3 Å². The topological polar surface area (TPSA) is 39.1 Å². The predicted molar refractivity (Wildman–Crippen MR) is 75.8 cm³/mol. The van der Waals surface area contributed by atoms with Crippen LogP contribution in [0.4, 0.5) is 0 Å². The van der Waals surface area contributed by atoms with Gasteiger partial charge in [-0.3, -0.25) is 0 Å². The maximum absolute atomic E-state index is 9.42. The summed E-state index contributed by atoms with van der Waals surface area (Å²) in [6.07, 6.45) is 3.85. The summed E-state index contributed by atoms with van der Waals surface area (Å²) in [4.78, 5) is 2.47. The molecule has 2 saturated heterocycles. The third-order valence-electron chi connectivity index (χ3n) is 4.41. The smallest absolute Gasteiger partial charge is 0.0839 e. The van der Waals surface area contributed by atoms with Gasteiger partial charge in [-0.25, -0.2) is 0 Å². The van der Waals surface area contributed by atoms with E-state index in [4.69, 9.17) is 0 Å². The minimum absolute atomic E-state index is 0.00201. The molecule has 2 aliphatic rings. The van der Waals surface area contributed by atoms with Crippen LogP contribution in [0.5, 0.6) is 0 Å². The second kappa shape index (κ2) is 5.73. The molecular formula is C16H21N3. The number of nitrogens with one attached hydrogen (secondary N) is 1. The van der Waals surface area contributed by atoms with E-state index in [9.17, 15) is 5.26 Å². The van der Waals surface area contributed by atoms with E-state index >= 15 is 0 Å². The van der Waals surface area contributed by atoms with Crippen molar-refractivity contribution in [3.63, 3.8) is 0 Å². The fourth-order valence-corrected chi connectivity index (χ4v) is 3.35. The number of hydrogen-bond donors (Lipinski definition) is 1. The Balaban J connectivity index is 1.65. The van der Waals surface area contributed by atoms with E-state index in [1.807, 2.05) is 18.2 Å². The lowest BCUT2D eigenvalue weighted by Crippen LogP contribution is -2.37. The Morgan fingerprint density at radius 2 is 2.00 bits per heavy atom. The molecule has 1 N–H and O–H groups in total. The van der Waals surface area contributed by atoms with Crippen molar-refractivity contribution in [2.75, 3.05) is 19.6 Å². The molecule has 3 rings (SSSR count). The van der Waals surface area contributed by atoms with Gasteiger partial charge in [0.1, 0.15) is 0 Å². The summed E-state index contributed by atoms with van der Waals surface area (Å²) in [5, 5.41) is 13.1. The van der Waals surface area contributed by atoms with Crippen molar-refractivity contribution < 1.29 is 0 Å². The summed E-state index contributed by atoms with van der Waals surface area (Å²) in [5.74, 6) is -0.00201. The SMILES string of the molecule is N#CC(CN1CCC2CCC(C1)N2)c1ccccc1. The van der Waals surface area contributed by atoms with E-state index in [1.54, 1.807) is 0 Å². The zero-order valence-electron chi connectivity index (χ0n) is 11.3. The second-order valence-corrected chi connectivity index (χ2v) is 5.78. The van der Waals surface area contributed by atoms with Crippen molar-refractivity contribution in [3.8, 4) is 6.07 Å². The number of fused-ring (bicyclic) bond motifs is 2. The van der Waals surface area contributed by atoms with Gasteiger partial charge in [0.15, 0.2) is 0 Å². The number of hydrogen-bond acceptors (Lipinski definition) is 3. The molecule has 100 valence electrons. The summed E-state index contributed by atoms with van der Waals surface area (Å²) in [7, 11) is 0. The number of nitrogens with zero attached hydrogens (tertiary/aromatic N) is 2. The van der Waals surface area contributed by atoms with Crippen LogP contribution in [0.2, 0.25) is 0 Å². The van der Waals surface area contributed by atoms with Crippen molar-refractivity contribution in [2.45, 2.75) is 37.3 Å². The van der Waals surface area contributed by atoms with Crippen molar-refractivity contribution >= 4 is 0 Å². The minimum Gasteiger partial charge on any atom is -0.310 e. The Hall–Kier alpha value is -1.37. The van der Waals surface area contributed by atoms with Crippen molar-refractivity contribution in [2.24, 2.45) is 0 Å². The first-order valence-electron chi connectivity index (χ1n) is 7.28. The fraction of sp³-hybridized carbons (Fsp3) is 0.562. The number of nitriles is 1. The van der Waals surface area contributed by atoms with Crippen LogP contribution in [0.3, 0.4) is 0 Å². The molecule has 19 heavy (non-hydrogen) atoms. The molecule has 3 nitrogen and oxygen atoms in total. The summed E-state index contributed by atoms with van der Waals surface area (Å²) in [6.45, 7) is 3.09. The van der Waals surface area contributed by atoms with Crippen LogP contribution in [0.1, 0.15) is 30.7 Å². The lowest BCUT2D eigenvalue weighted by molar-refractivity contribution is 0.254. The summed E-state index contributed by atoms with van der Waals surface area (Å²) < 4.78 is 0. The first-order valence-corrected chi connectivity index (χ1v) is 7.28. The van der Waals surface area contributed by atoms with Crippen molar-refractivity contribution in [1.29, 1.82) is 5.26 Å². The van der Waals surface area contributed by atoms with Crippen molar-refractivity contribution in [3.05, 3.63) is 35.9 Å².